The van der Waals surface area contributed by atoms with Crippen molar-refractivity contribution in [1.82, 2.24) is 4.90 Å². The monoisotopic (exact) mass is 254 g/mol. The third-order valence-corrected chi connectivity index (χ3v) is 4.46. The van der Waals surface area contributed by atoms with E-state index in [2.05, 4.69) is 0 Å². The van der Waals surface area contributed by atoms with E-state index in [9.17, 15) is 9.59 Å². The highest BCUT2D eigenvalue weighted by Crippen LogP contribution is 2.51. The van der Waals surface area contributed by atoms with Crippen LogP contribution in [-0.4, -0.2) is 41.0 Å². The van der Waals surface area contributed by atoms with Crippen molar-refractivity contribution in [3.63, 3.8) is 0 Å². The van der Waals surface area contributed by atoms with Gasteiger partial charge in [-0.05, 0) is 30.6 Å². The minimum Gasteiger partial charge on any atom is -0.481 e. The number of carbonyl (C=O) groups is 2. The molecule has 2 rings (SSSR count). The third-order valence-electron chi connectivity index (χ3n) is 4.46. The molecule has 3 N–H and O–H groups in total. The highest BCUT2D eigenvalue weighted by atomic mass is 16.4. The van der Waals surface area contributed by atoms with Crippen molar-refractivity contribution in [2.75, 3.05) is 13.1 Å². The summed E-state index contributed by atoms with van der Waals surface area (Å²) in [5.74, 6) is -0.758. The third kappa shape index (κ3) is 2.23. The predicted molar refractivity (Wildman–Crippen MR) is 66.8 cm³/mol. The molecule has 5 nitrogen and oxygen atoms in total. The van der Waals surface area contributed by atoms with Crippen LogP contribution in [-0.2, 0) is 9.59 Å². The predicted octanol–water partition coefficient (Wildman–Crippen LogP) is 0.683. The number of nitrogens with zero attached hydrogens (tertiary/aromatic N) is 1. The lowest BCUT2D eigenvalue weighted by Gasteiger charge is -2.43. The number of amides is 1. The van der Waals surface area contributed by atoms with Gasteiger partial charge >= 0.3 is 5.97 Å². The molecule has 1 atom stereocenters. The van der Waals surface area contributed by atoms with E-state index in [-0.39, 0.29) is 23.2 Å². The Hall–Kier alpha value is -1.10. The SMILES string of the molecule is CC(C)C(N)C(=O)N1CCC2(CC(C(=O)O)C2)C1. The molecule has 1 spiro atoms. The molecule has 1 unspecified atom stereocenters. The van der Waals surface area contributed by atoms with Gasteiger partial charge in [0.25, 0.3) is 0 Å². The van der Waals surface area contributed by atoms with Gasteiger partial charge in [-0.25, -0.2) is 0 Å². The summed E-state index contributed by atoms with van der Waals surface area (Å²) in [5, 5.41) is 8.91. The lowest BCUT2D eigenvalue weighted by atomic mass is 9.61. The van der Waals surface area contributed by atoms with Crippen molar-refractivity contribution in [1.29, 1.82) is 0 Å². The summed E-state index contributed by atoms with van der Waals surface area (Å²) in [5.41, 5.74) is 5.94. The molecule has 0 aromatic heterocycles. The van der Waals surface area contributed by atoms with E-state index < -0.39 is 12.0 Å². The van der Waals surface area contributed by atoms with Crippen molar-refractivity contribution >= 4 is 11.9 Å². The fourth-order valence-corrected chi connectivity index (χ4v) is 3.11. The van der Waals surface area contributed by atoms with E-state index in [0.29, 0.717) is 19.4 Å². The van der Waals surface area contributed by atoms with Crippen LogP contribution in [0.15, 0.2) is 0 Å². The summed E-state index contributed by atoms with van der Waals surface area (Å²) < 4.78 is 0. The molecular formula is C13H22N2O3. The van der Waals surface area contributed by atoms with Crippen LogP contribution in [0.2, 0.25) is 0 Å². The van der Waals surface area contributed by atoms with Crippen LogP contribution < -0.4 is 5.73 Å². The number of carboxylic acids is 1. The van der Waals surface area contributed by atoms with Crippen molar-refractivity contribution in [2.24, 2.45) is 23.0 Å². The quantitative estimate of drug-likeness (QED) is 0.776. The second-order valence-corrected chi connectivity index (χ2v) is 6.22. The molecule has 0 aromatic rings. The Morgan fingerprint density at radius 1 is 1.39 bits per heavy atom. The molecule has 2 fully saturated rings. The number of aliphatic carboxylic acids is 1. The zero-order chi connectivity index (χ0) is 13.5. The second kappa shape index (κ2) is 4.53. The minimum absolute atomic E-state index is 0.0145. The second-order valence-electron chi connectivity index (χ2n) is 6.22. The van der Waals surface area contributed by atoms with Crippen LogP contribution in [0.5, 0.6) is 0 Å². The Bertz CT molecular complexity index is 361. The van der Waals surface area contributed by atoms with Crippen molar-refractivity contribution in [3.8, 4) is 0 Å². The first-order valence-electron chi connectivity index (χ1n) is 6.62. The molecule has 0 aromatic carbocycles. The Morgan fingerprint density at radius 2 is 2.00 bits per heavy atom. The highest BCUT2D eigenvalue weighted by molar-refractivity contribution is 5.82. The van der Waals surface area contributed by atoms with E-state index in [4.69, 9.17) is 10.8 Å². The first-order chi connectivity index (χ1) is 8.34. The maximum atomic E-state index is 12.1. The molecule has 1 heterocycles. The molecule has 102 valence electrons. The summed E-state index contributed by atoms with van der Waals surface area (Å²) in [6.45, 7) is 5.30. The van der Waals surface area contributed by atoms with Crippen LogP contribution in [0.1, 0.15) is 33.1 Å². The van der Waals surface area contributed by atoms with Crippen molar-refractivity contribution in [3.05, 3.63) is 0 Å². The molecular weight excluding hydrogens is 232 g/mol. The molecule has 1 amide bonds. The average molecular weight is 254 g/mol. The van der Waals surface area contributed by atoms with Gasteiger partial charge in [-0.1, -0.05) is 13.8 Å². The molecule has 0 radical (unpaired) electrons. The number of hydrogen-bond donors (Lipinski definition) is 2. The lowest BCUT2D eigenvalue weighted by molar-refractivity contribution is -0.149. The summed E-state index contributed by atoms with van der Waals surface area (Å²) in [7, 11) is 0. The van der Waals surface area contributed by atoms with Crippen LogP contribution in [0.25, 0.3) is 0 Å². The molecule has 18 heavy (non-hydrogen) atoms. The summed E-state index contributed by atoms with van der Waals surface area (Å²) in [6.07, 6.45) is 2.35. The Balaban J connectivity index is 1.90. The first kappa shape index (κ1) is 13.3. The summed E-state index contributed by atoms with van der Waals surface area (Å²) in [4.78, 5) is 24.8. The zero-order valence-corrected chi connectivity index (χ0v) is 11.1. The lowest BCUT2D eigenvalue weighted by Crippen LogP contribution is -2.48. The Kier molecular flexibility index (Phi) is 3.36. The van der Waals surface area contributed by atoms with Gasteiger partial charge in [-0.15, -0.1) is 0 Å². The van der Waals surface area contributed by atoms with Gasteiger partial charge in [0.15, 0.2) is 0 Å². The highest BCUT2D eigenvalue weighted by Gasteiger charge is 2.52. The van der Waals surface area contributed by atoms with E-state index in [1.807, 2.05) is 18.7 Å². The maximum absolute atomic E-state index is 12.1. The minimum atomic E-state index is -0.704. The topological polar surface area (TPSA) is 83.6 Å². The van der Waals surface area contributed by atoms with Gasteiger partial charge in [-0.3, -0.25) is 9.59 Å². The largest absolute Gasteiger partial charge is 0.481 e. The molecule has 0 bridgehead atoms. The van der Waals surface area contributed by atoms with Gasteiger partial charge in [0.05, 0.1) is 12.0 Å². The number of nitrogens with two attached hydrogens (primary N) is 1. The van der Waals surface area contributed by atoms with Gasteiger partial charge in [0.2, 0.25) is 5.91 Å². The van der Waals surface area contributed by atoms with Crippen LogP contribution in [0.4, 0.5) is 0 Å². The Morgan fingerprint density at radius 3 is 2.50 bits per heavy atom. The van der Waals surface area contributed by atoms with Gasteiger partial charge in [-0.2, -0.15) is 0 Å². The fraction of sp³-hybridized carbons (Fsp3) is 0.846. The fourth-order valence-electron chi connectivity index (χ4n) is 3.11. The van der Waals surface area contributed by atoms with E-state index in [0.717, 1.165) is 13.0 Å². The number of carboxylic acid groups (broad SMARTS) is 1. The molecule has 1 aliphatic heterocycles. The van der Waals surface area contributed by atoms with Crippen LogP contribution in [0.3, 0.4) is 0 Å². The van der Waals surface area contributed by atoms with E-state index >= 15 is 0 Å². The standard InChI is InChI=1S/C13H22N2O3/c1-8(2)10(14)11(16)15-4-3-13(7-15)5-9(6-13)12(17)18/h8-10H,3-7,14H2,1-2H3,(H,17,18). The average Bonchev–Trinajstić information content (AvgIpc) is 2.69. The molecule has 1 saturated carbocycles. The van der Waals surface area contributed by atoms with E-state index in [1.54, 1.807) is 0 Å². The van der Waals surface area contributed by atoms with Crippen LogP contribution in [0, 0.1) is 17.3 Å². The normalized spacial score (nSPS) is 32.7. The summed E-state index contributed by atoms with van der Waals surface area (Å²) >= 11 is 0. The Labute approximate surface area is 107 Å². The number of likely N-dealkylation sites (tertiary alicyclic amines) is 1. The number of rotatable bonds is 3. The molecule has 5 heteroatoms. The maximum Gasteiger partial charge on any atom is 0.306 e. The van der Waals surface area contributed by atoms with E-state index in [1.165, 1.54) is 0 Å². The number of hydrogen-bond acceptors (Lipinski definition) is 3. The van der Waals surface area contributed by atoms with Gasteiger partial charge in [0, 0.05) is 13.1 Å². The van der Waals surface area contributed by atoms with Gasteiger partial charge < -0.3 is 15.7 Å². The summed E-state index contributed by atoms with van der Waals surface area (Å²) in [6, 6.07) is -0.435. The zero-order valence-electron chi connectivity index (χ0n) is 11.1. The van der Waals surface area contributed by atoms with Crippen molar-refractivity contribution in [2.45, 2.75) is 39.2 Å². The molecule has 2 aliphatic rings. The first-order valence-corrected chi connectivity index (χ1v) is 6.62. The van der Waals surface area contributed by atoms with Gasteiger partial charge in [0.1, 0.15) is 0 Å². The molecule has 1 aliphatic carbocycles. The van der Waals surface area contributed by atoms with Crippen molar-refractivity contribution < 1.29 is 14.7 Å². The number of carbonyl (C=O) groups excluding carboxylic acids is 1. The smallest absolute Gasteiger partial charge is 0.306 e. The van der Waals surface area contributed by atoms with Crippen LogP contribution >= 0.6 is 0 Å². The molecule has 1 saturated heterocycles.